The quantitative estimate of drug-likeness (QED) is 0.670. The number of rotatable bonds is 5. The molecule has 2 N–H and O–H groups in total. The zero-order valence-electron chi connectivity index (χ0n) is 13.5. The van der Waals surface area contributed by atoms with Crippen molar-refractivity contribution in [2.45, 2.75) is 6.54 Å². The molecule has 0 bridgehead atoms. The number of pyridine rings is 1. The minimum Gasteiger partial charge on any atom is -0.366 e. The summed E-state index contributed by atoms with van der Waals surface area (Å²) in [4.78, 5) is 16.5. The molecule has 26 heavy (non-hydrogen) atoms. The van der Waals surface area contributed by atoms with Gasteiger partial charge in [-0.1, -0.05) is 23.7 Å². The first kappa shape index (κ1) is 17.8. The second kappa shape index (κ2) is 7.93. The Labute approximate surface area is 153 Å². The molecule has 0 unspecified atom stereocenters. The Bertz CT molecular complexity index is 932. The number of hydrogen-bond donors (Lipinski definition) is 2. The molecule has 0 radical (unpaired) electrons. The molecule has 0 fully saturated rings. The molecule has 1 heterocycles. The van der Waals surface area contributed by atoms with Crippen LogP contribution < -0.4 is 10.6 Å². The maximum absolute atomic E-state index is 13.2. The molecule has 1 amide bonds. The molecule has 0 spiro atoms. The summed E-state index contributed by atoms with van der Waals surface area (Å²) in [6, 6.07) is 13.2. The van der Waals surface area contributed by atoms with Crippen molar-refractivity contribution in [3.63, 3.8) is 0 Å². The summed E-state index contributed by atoms with van der Waals surface area (Å²) < 4.78 is 26.1. The van der Waals surface area contributed by atoms with Gasteiger partial charge in [0.2, 0.25) is 0 Å². The lowest BCUT2D eigenvalue weighted by Gasteiger charge is -2.09. The van der Waals surface area contributed by atoms with Gasteiger partial charge in [0.15, 0.2) is 0 Å². The van der Waals surface area contributed by atoms with Gasteiger partial charge in [0.25, 0.3) is 5.91 Å². The lowest BCUT2D eigenvalue weighted by molar-refractivity contribution is 0.102. The van der Waals surface area contributed by atoms with Crippen LogP contribution in [0.5, 0.6) is 0 Å². The third kappa shape index (κ3) is 4.55. The van der Waals surface area contributed by atoms with Crippen molar-refractivity contribution in [2.75, 3.05) is 10.6 Å². The van der Waals surface area contributed by atoms with E-state index in [-0.39, 0.29) is 16.7 Å². The van der Waals surface area contributed by atoms with Gasteiger partial charge in [-0.15, -0.1) is 0 Å². The summed E-state index contributed by atoms with van der Waals surface area (Å²) in [5.74, 6) is -0.730. The Hall–Kier alpha value is -2.99. The fraction of sp³-hybridized carbons (Fsp3) is 0.0526. The van der Waals surface area contributed by atoms with E-state index in [2.05, 4.69) is 15.6 Å². The Morgan fingerprint density at radius 2 is 1.81 bits per heavy atom. The van der Waals surface area contributed by atoms with Crippen LogP contribution in [-0.4, -0.2) is 10.9 Å². The smallest absolute Gasteiger partial charge is 0.255 e. The van der Waals surface area contributed by atoms with E-state index in [0.717, 1.165) is 5.56 Å². The zero-order chi connectivity index (χ0) is 18.5. The van der Waals surface area contributed by atoms with Gasteiger partial charge in [0, 0.05) is 24.0 Å². The molecular formula is C19H14ClF2N3O. The minimum absolute atomic E-state index is 0.0702. The summed E-state index contributed by atoms with van der Waals surface area (Å²) >= 11 is 5.71. The molecule has 7 heteroatoms. The van der Waals surface area contributed by atoms with Gasteiger partial charge in [-0.25, -0.2) is 13.8 Å². The lowest BCUT2D eigenvalue weighted by Crippen LogP contribution is -2.13. The number of halogens is 3. The molecule has 132 valence electrons. The van der Waals surface area contributed by atoms with Crippen molar-refractivity contribution in [1.29, 1.82) is 0 Å². The predicted octanol–water partition coefficient (Wildman–Crippen LogP) is 4.88. The number of benzene rings is 2. The second-order valence-corrected chi connectivity index (χ2v) is 5.90. The third-order valence-corrected chi connectivity index (χ3v) is 3.88. The largest absolute Gasteiger partial charge is 0.366 e. The van der Waals surface area contributed by atoms with Crippen LogP contribution in [0, 0.1) is 11.6 Å². The van der Waals surface area contributed by atoms with Gasteiger partial charge in [-0.3, -0.25) is 4.79 Å². The molecule has 3 rings (SSSR count). The first-order valence-electron chi connectivity index (χ1n) is 7.72. The lowest BCUT2D eigenvalue weighted by atomic mass is 10.2. The van der Waals surface area contributed by atoms with Crippen LogP contribution in [0.2, 0.25) is 5.02 Å². The van der Waals surface area contributed by atoms with Gasteiger partial charge in [0.05, 0.1) is 5.02 Å². The molecule has 3 aromatic rings. The number of amides is 1. The molecule has 0 aliphatic heterocycles. The number of hydrogen-bond acceptors (Lipinski definition) is 3. The predicted molar refractivity (Wildman–Crippen MR) is 97.3 cm³/mol. The van der Waals surface area contributed by atoms with Crippen molar-refractivity contribution >= 4 is 29.0 Å². The fourth-order valence-corrected chi connectivity index (χ4v) is 2.42. The average molecular weight is 374 g/mol. The average Bonchev–Trinajstić information content (AvgIpc) is 2.64. The van der Waals surface area contributed by atoms with Gasteiger partial charge >= 0.3 is 0 Å². The SMILES string of the molecule is O=C(Nc1ccc(F)c(Cl)c1)c1ccnc(NCc2ccc(F)cc2)c1. The van der Waals surface area contributed by atoms with E-state index in [4.69, 9.17) is 11.6 Å². The van der Waals surface area contributed by atoms with Crippen LogP contribution in [0.1, 0.15) is 15.9 Å². The fourth-order valence-electron chi connectivity index (χ4n) is 2.24. The van der Waals surface area contributed by atoms with Crippen molar-refractivity contribution < 1.29 is 13.6 Å². The Morgan fingerprint density at radius 3 is 2.54 bits per heavy atom. The van der Waals surface area contributed by atoms with E-state index in [0.29, 0.717) is 23.6 Å². The van der Waals surface area contributed by atoms with Gasteiger partial charge in [-0.05, 0) is 48.0 Å². The topological polar surface area (TPSA) is 54.0 Å². The zero-order valence-corrected chi connectivity index (χ0v) is 14.2. The van der Waals surface area contributed by atoms with Gasteiger partial charge < -0.3 is 10.6 Å². The molecule has 1 aromatic heterocycles. The monoisotopic (exact) mass is 373 g/mol. The molecule has 4 nitrogen and oxygen atoms in total. The number of nitrogens with zero attached hydrogens (tertiary/aromatic N) is 1. The van der Waals surface area contributed by atoms with E-state index in [1.165, 1.54) is 36.5 Å². The summed E-state index contributed by atoms with van der Waals surface area (Å²) in [5.41, 5.74) is 1.64. The van der Waals surface area contributed by atoms with Gasteiger partial charge in [-0.2, -0.15) is 0 Å². The molecule has 0 aliphatic carbocycles. The Balaban J connectivity index is 1.66. The number of anilines is 2. The number of carbonyl (C=O) groups is 1. The summed E-state index contributed by atoms with van der Waals surface area (Å²) in [6.45, 7) is 0.436. The molecular weight excluding hydrogens is 360 g/mol. The van der Waals surface area contributed by atoms with Crippen molar-refractivity contribution in [2.24, 2.45) is 0 Å². The highest BCUT2D eigenvalue weighted by molar-refractivity contribution is 6.31. The second-order valence-electron chi connectivity index (χ2n) is 5.49. The first-order valence-corrected chi connectivity index (χ1v) is 8.10. The van der Waals surface area contributed by atoms with Crippen LogP contribution in [0.4, 0.5) is 20.3 Å². The maximum atomic E-state index is 13.2. The van der Waals surface area contributed by atoms with E-state index < -0.39 is 5.82 Å². The van der Waals surface area contributed by atoms with E-state index >= 15 is 0 Å². The van der Waals surface area contributed by atoms with Gasteiger partial charge in [0.1, 0.15) is 17.5 Å². The third-order valence-electron chi connectivity index (χ3n) is 3.59. The number of carbonyl (C=O) groups excluding carboxylic acids is 1. The highest BCUT2D eigenvalue weighted by Crippen LogP contribution is 2.20. The molecule has 0 atom stereocenters. The number of aromatic nitrogens is 1. The van der Waals surface area contributed by atoms with Crippen molar-refractivity contribution in [1.82, 2.24) is 4.98 Å². The summed E-state index contributed by atoms with van der Waals surface area (Å²) in [6.07, 6.45) is 1.50. The summed E-state index contributed by atoms with van der Waals surface area (Å²) in [5, 5.41) is 5.65. The highest BCUT2D eigenvalue weighted by Gasteiger charge is 2.09. The molecule has 0 saturated heterocycles. The van der Waals surface area contributed by atoms with Crippen LogP contribution in [-0.2, 0) is 6.54 Å². The standard InChI is InChI=1S/C19H14ClF2N3O/c20-16-10-15(5-6-17(16)22)25-19(26)13-7-8-23-18(9-13)24-11-12-1-3-14(21)4-2-12/h1-10H,11H2,(H,23,24)(H,25,26). The molecule has 2 aromatic carbocycles. The maximum Gasteiger partial charge on any atom is 0.255 e. The van der Waals surface area contributed by atoms with E-state index in [1.807, 2.05) is 0 Å². The molecule has 0 aliphatic rings. The summed E-state index contributed by atoms with van der Waals surface area (Å²) in [7, 11) is 0. The van der Waals surface area contributed by atoms with E-state index in [9.17, 15) is 13.6 Å². The normalized spacial score (nSPS) is 10.4. The van der Waals surface area contributed by atoms with Crippen LogP contribution in [0.15, 0.2) is 60.8 Å². The first-order chi connectivity index (χ1) is 12.5. The highest BCUT2D eigenvalue weighted by atomic mass is 35.5. The molecule has 0 saturated carbocycles. The van der Waals surface area contributed by atoms with Crippen LogP contribution >= 0.6 is 11.6 Å². The van der Waals surface area contributed by atoms with Crippen LogP contribution in [0.25, 0.3) is 0 Å². The Kier molecular flexibility index (Phi) is 5.43. The van der Waals surface area contributed by atoms with Crippen LogP contribution in [0.3, 0.4) is 0 Å². The van der Waals surface area contributed by atoms with Crippen molar-refractivity contribution in [3.8, 4) is 0 Å². The Morgan fingerprint density at radius 1 is 1.04 bits per heavy atom. The van der Waals surface area contributed by atoms with E-state index in [1.54, 1.807) is 24.3 Å². The van der Waals surface area contributed by atoms with Crippen molar-refractivity contribution in [3.05, 3.63) is 88.6 Å². The minimum atomic E-state index is -0.555. The number of nitrogens with one attached hydrogen (secondary N) is 2.